The van der Waals surface area contributed by atoms with E-state index in [1.807, 2.05) is 4.90 Å². The predicted octanol–water partition coefficient (Wildman–Crippen LogP) is 3.09. The summed E-state index contributed by atoms with van der Waals surface area (Å²) in [6, 6.07) is 0.663. The number of hydrogen-bond acceptors (Lipinski definition) is 4. The SMILES string of the molecule is C=C(N1CCN(C(=O)C2CCC(C3CNC4CCCCC4C3)C(F)C2)CC1)C1(O)CC1. The number of piperidine rings is 1. The maximum Gasteiger partial charge on any atom is 0.225 e. The summed E-state index contributed by atoms with van der Waals surface area (Å²) >= 11 is 0. The van der Waals surface area contributed by atoms with Gasteiger partial charge in [-0.2, -0.15) is 0 Å². The van der Waals surface area contributed by atoms with Crippen LogP contribution in [0.2, 0.25) is 0 Å². The van der Waals surface area contributed by atoms with Crippen molar-refractivity contribution >= 4 is 5.91 Å². The second-order valence-electron chi connectivity index (χ2n) is 11.0. The van der Waals surface area contributed by atoms with Crippen molar-refractivity contribution in [2.45, 2.75) is 82.0 Å². The van der Waals surface area contributed by atoms with Crippen molar-refractivity contribution < 1.29 is 14.3 Å². The molecule has 6 unspecified atom stereocenters. The minimum atomic E-state index is -0.847. The summed E-state index contributed by atoms with van der Waals surface area (Å²) < 4.78 is 15.3. The zero-order valence-electron chi connectivity index (χ0n) is 18.9. The monoisotopic (exact) mass is 433 g/mol. The van der Waals surface area contributed by atoms with Gasteiger partial charge >= 0.3 is 0 Å². The maximum atomic E-state index is 15.3. The number of carbonyl (C=O) groups is 1. The van der Waals surface area contributed by atoms with Crippen molar-refractivity contribution in [1.82, 2.24) is 15.1 Å². The van der Waals surface area contributed by atoms with Crippen molar-refractivity contribution in [1.29, 1.82) is 0 Å². The Bertz CT molecular complexity index is 688. The molecule has 5 fully saturated rings. The van der Waals surface area contributed by atoms with Crippen LogP contribution >= 0.6 is 0 Å². The Morgan fingerprint density at radius 2 is 1.68 bits per heavy atom. The zero-order valence-corrected chi connectivity index (χ0v) is 18.9. The normalized spacial score (nSPS) is 40.2. The van der Waals surface area contributed by atoms with E-state index >= 15 is 4.39 Å². The molecule has 0 bridgehead atoms. The quantitative estimate of drug-likeness (QED) is 0.715. The van der Waals surface area contributed by atoms with E-state index in [0.717, 1.165) is 56.9 Å². The number of aliphatic hydroxyl groups is 1. The maximum absolute atomic E-state index is 15.3. The lowest BCUT2D eigenvalue weighted by Gasteiger charge is -2.45. The third-order valence-electron chi connectivity index (χ3n) is 9.17. The Morgan fingerprint density at radius 1 is 0.968 bits per heavy atom. The van der Waals surface area contributed by atoms with Gasteiger partial charge in [-0.1, -0.05) is 19.4 Å². The number of rotatable bonds is 4. The number of nitrogens with zero attached hydrogens (tertiary/aromatic N) is 2. The average molecular weight is 434 g/mol. The van der Waals surface area contributed by atoms with Crippen molar-refractivity contribution in [3.05, 3.63) is 12.3 Å². The molecule has 0 aromatic heterocycles. The molecule has 31 heavy (non-hydrogen) atoms. The number of carbonyl (C=O) groups excluding carboxylic acids is 1. The molecule has 2 saturated heterocycles. The van der Waals surface area contributed by atoms with Crippen LogP contribution in [0.25, 0.3) is 0 Å². The standard InChI is InChI=1S/C25H40FN3O2/c1-17(25(31)8-9-25)28-10-12-29(13-11-28)24(30)19-6-7-21(22(26)15-19)20-14-18-4-2-3-5-23(18)27-16-20/h18-23,27,31H,1-16H2. The van der Waals surface area contributed by atoms with Gasteiger partial charge in [0, 0.05) is 43.8 Å². The Morgan fingerprint density at radius 3 is 2.39 bits per heavy atom. The fourth-order valence-corrected chi connectivity index (χ4v) is 6.91. The second kappa shape index (κ2) is 8.66. The highest BCUT2D eigenvalue weighted by molar-refractivity contribution is 5.79. The summed E-state index contributed by atoms with van der Waals surface area (Å²) in [5.41, 5.74) is 0.114. The van der Waals surface area contributed by atoms with Crippen LogP contribution in [-0.4, -0.2) is 71.4 Å². The number of amides is 1. The molecular formula is C25H40FN3O2. The van der Waals surface area contributed by atoms with Crippen LogP contribution in [0.5, 0.6) is 0 Å². The van der Waals surface area contributed by atoms with E-state index < -0.39 is 11.8 Å². The largest absolute Gasteiger partial charge is 0.384 e. The van der Waals surface area contributed by atoms with Crippen molar-refractivity contribution in [2.24, 2.45) is 23.7 Å². The minimum Gasteiger partial charge on any atom is -0.384 e. The average Bonchev–Trinajstić information content (AvgIpc) is 3.56. The molecule has 6 atom stereocenters. The molecule has 2 aliphatic heterocycles. The number of fused-ring (bicyclic) bond motifs is 1. The van der Waals surface area contributed by atoms with Gasteiger partial charge in [0.15, 0.2) is 0 Å². The first-order valence-corrected chi connectivity index (χ1v) is 12.8. The Hall–Kier alpha value is -1.14. The third-order valence-corrected chi connectivity index (χ3v) is 9.17. The lowest BCUT2D eigenvalue weighted by Crippen LogP contribution is -2.53. The topological polar surface area (TPSA) is 55.8 Å². The van der Waals surface area contributed by atoms with Gasteiger partial charge < -0.3 is 20.2 Å². The summed E-state index contributed by atoms with van der Waals surface area (Å²) in [4.78, 5) is 17.2. The highest BCUT2D eigenvalue weighted by Gasteiger charge is 2.46. The summed E-state index contributed by atoms with van der Waals surface area (Å²) in [6.45, 7) is 7.78. The molecule has 1 amide bonds. The first kappa shape index (κ1) is 21.7. The van der Waals surface area contributed by atoms with E-state index in [0.29, 0.717) is 31.5 Å². The number of alkyl halides is 1. The number of nitrogens with one attached hydrogen (secondary N) is 1. The van der Waals surface area contributed by atoms with Gasteiger partial charge in [0.2, 0.25) is 5.91 Å². The van der Waals surface area contributed by atoms with Gasteiger partial charge in [-0.3, -0.25) is 4.79 Å². The molecule has 6 heteroatoms. The summed E-state index contributed by atoms with van der Waals surface area (Å²) in [6.07, 6.45) is 9.27. The molecule has 5 rings (SSSR count). The number of piperazine rings is 1. The molecule has 0 radical (unpaired) electrons. The van der Waals surface area contributed by atoms with Crippen LogP contribution in [0.3, 0.4) is 0 Å². The van der Waals surface area contributed by atoms with Gasteiger partial charge in [-0.15, -0.1) is 0 Å². The zero-order chi connectivity index (χ0) is 21.6. The second-order valence-corrected chi connectivity index (χ2v) is 11.0. The summed E-state index contributed by atoms with van der Waals surface area (Å²) in [5.74, 6) is 1.28. The van der Waals surface area contributed by atoms with Crippen molar-refractivity contribution in [2.75, 3.05) is 32.7 Å². The van der Waals surface area contributed by atoms with E-state index in [2.05, 4.69) is 16.8 Å². The third kappa shape index (κ3) is 4.39. The summed E-state index contributed by atoms with van der Waals surface area (Å²) in [7, 11) is 0. The molecule has 3 aliphatic carbocycles. The van der Waals surface area contributed by atoms with Gasteiger partial charge in [0.1, 0.15) is 11.8 Å². The van der Waals surface area contributed by atoms with Crippen LogP contribution in [0.15, 0.2) is 12.3 Å². The molecule has 0 spiro atoms. The van der Waals surface area contributed by atoms with Crippen LogP contribution in [0.1, 0.15) is 64.2 Å². The molecule has 2 heterocycles. The first-order chi connectivity index (χ1) is 14.9. The molecule has 3 saturated carbocycles. The summed E-state index contributed by atoms with van der Waals surface area (Å²) in [5, 5.41) is 14.0. The molecule has 2 N–H and O–H groups in total. The Balaban J connectivity index is 1.10. The van der Waals surface area contributed by atoms with E-state index in [9.17, 15) is 9.90 Å². The number of halogens is 1. The van der Waals surface area contributed by atoms with Crippen LogP contribution in [0.4, 0.5) is 4.39 Å². The van der Waals surface area contributed by atoms with E-state index in [1.54, 1.807) is 0 Å². The Kier molecular flexibility index (Phi) is 6.06. The van der Waals surface area contributed by atoms with Gasteiger partial charge in [-0.05, 0) is 75.7 Å². The van der Waals surface area contributed by atoms with Gasteiger partial charge in [0.25, 0.3) is 0 Å². The van der Waals surface area contributed by atoms with Gasteiger partial charge in [0.05, 0.1) is 0 Å². The molecule has 0 aromatic carbocycles. The minimum absolute atomic E-state index is 0.124. The smallest absolute Gasteiger partial charge is 0.225 e. The molecule has 5 aliphatic rings. The molecule has 5 nitrogen and oxygen atoms in total. The van der Waals surface area contributed by atoms with Crippen LogP contribution < -0.4 is 5.32 Å². The van der Waals surface area contributed by atoms with Gasteiger partial charge in [-0.25, -0.2) is 4.39 Å². The molecular weight excluding hydrogens is 393 g/mol. The molecule has 0 aromatic rings. The fourth-order valence-electron chi connectivity index (χ4n) is 6.91. The van der Waals surface area contributed by atoms with Crippen molar-refractivity contribution in [3.63, 3.8) is 0 Å². The van der Waals surface area contributed by atoms with E-state index in [4.69, 9.17) is 0 Å². The van der Waals surface area contributed by atoms with Crippen molar-refractivity contribution in [3.8, 4) is 0 Å². The fraction of sp³-hybridized carbons (Fsp3) is 0.880. The number of hydrogen-bond donors (Lipinski definition) is 2. The first-order valence-electron chi connectivity index (χ1n) is 12.8. The highest BCUT2D eigenvalue weighted by Crippen LogP contribution is 2.44. The molecule has 174 valence electrons. The van der Waals surface area contributed by atoms with E-state index in [1.165, 1.54) is 32.1 Å². The highest BCUT2D eigenvalue weighted by atomic mass is 19.1. The predicted molar refractivity (Wildman–Crippen MR) is 119 cm³/mol. The Labute approximate surface area is 186 Å². The van der Waals surface area contributed by atoms with Crippen LogP contribution in [-0.2, 0) is 4.79 Å². The lowest BCUT2D eigenvalue weighted by atomic mass is 9.67. The van der Waals surface area contributed by atoms with E-state index in [-0.39, 0.29) is 17.7 Å². The van der Waals surface area contributed by atoms with Crippen LogP contribution in [0, 0.1) is 23.7 Å². The lowest BCUT2D eigenvalue weighted by molar-refractivity contribution is -0.140.